The molecule has 2 N–H and O–H groups in total. The van der Waals surface area contributed by atoms with E-state index in [1.165, 1.54) is 13.2 Å². The quantitative estimate of drug-likeness (QED) is 0.207. The van der Waals surface area contributed by atoms with E-state index in [0.29, 0.717) is 16.4 Å². The van der Waals surface area contributed by atoms with E-state index in [4.69, 9.17) is 29.2 Å². The lowest BCUT2D eigenvalue weighted by Gasteiger charge is -2.44. The summed E-state index contributed by atoms with van der Waals surface area (Å²) in [5.41, 5.74) is -0.602. The number of benzene rings is 3. The highest BCUT2D eigenvalue weighted by Gasteiger charge is 2.50. The summed E-state index contributed by atoms with van der Waals surface area (Å²) in [5.74, 6) is -3.75. The fourth-order valence-corrected chi connectivity index (χ4v) is 5.67. The van der Waals surface area contributed by atoms with Crippen LogP contribution < -0.4 is 14.9 Å². The first-order chi connectivity index (χ1) is 20.8. The minimum atomic E-state index is -1.36. The molecule has 12 heteroatoms. The number of ether oxygens (including phenoxy) is 4. The van der Waals surface area contributed by atoms with Crippen molar-refractivity contribution in [2.75, 3.05) is 7.11 Å². The largest absolute Gasteiger partial charge is 0.496 e. The van der Waals surface area contributed by atoms with E-state index in [1.807, 2.05) is 30.3 Å². The molecule has 12 nitrogen and oxygen atoms in total. The summed E-state index contributed by atoms with van der Waals surface area (Å²) < 4.78 is 25.3. The van der Waals surface area contributed by atoms with E-state index < -0.39 is 67.4 Å². The van der Waals surface area contributed by atoms with Crippen LogP contribution in [0.5, 0.6) is 11.5 Å². The van der Waals surface area contributed by atoms with E-state index in [1.54, 1.807) is 31.5 Å². The van der Waals surface area contributed by atoms with Gasteiger partial charge in [0.25, 0.3) is 0 Å². The van der Waals surface area contributed by atoms with Crippen molar-refractivity contribution < 1.29 is 48.3 Å². The van der Waals surface area contributed by atoms with E-state index in [9.17, 15) is 24.0 Å². The van der Waals surface area contributed by atoms with Gasteiger partial charge in [0.15, 0.2) is 12.2 Å². The monoisotopic (exact) mass is 605 g/mol. The van der Waals surface area contributed by atoms with Crippen LogP contribution in [0.2, 0.25) is 0 Å². The van der Waals surface area contributed by atoms with Crippen LogP contribution >= 0.6 is 0 Å². The van der Waals surface area contributed by atoms with Gasteiger partial charge in [-0.2, -0.15) is 0 Å². The van der Waals surface area contributed by atoms with Crippen LogP contribution in [0.3, 0.4) is 0 Å². The Kier molecular flexibility index (Phi) is 7.94. The standard InChI is InChI=1S/C32H31NO11/c1-32(2)31(43-25(39)12-10-23(36)37)30(42-24(38)11-9-22(34)35)27-21(44-32)15-20(41-4)26-28(27)33(3)19-14-17-8-6-5-7-16(17)13-18(19)29(26)40/h5-8,13-15,30-31H,9-12H2,1-4H3,(H,34,35)(H,36,37)/t30-,31-/m1/s1. The van der Waals surface area contributed by atoms with Gasteiger partial charge in [-0.3, -0.25) is 24.0 Å². The van der Waals surface area contributed by atoms with Crippen molar-refractivity contribution >= 4 is 56.5 Å². The Bertz CT molecular complexity index is 1910. The number of methoxy groups -OCH3 is 1. The third-order valence-corrected chi connectivity index (χ3v) is 7.74. The molecule has 1 aliphatic heterocycles. The Morgan fingerprint density at radius 3 is 2.09 bits per heavy atom. The summed E-state index contributed by atoms with van der Waals surface area (Å²) in [5, 5.41) is 20.5. The van der Waals surface area contributed by atoms with Gasteiger partial charge < -0.3 is 33.7 Å². The molecule has 0 saturated carbocycles. The Balaban J connectivity index is 1.80. The Hall–Kier alpha value is -5.13. The van der Waals surface area contributed by atoms with Crippen molar-refractivity contribution in [3.63, 3.8) is 0 Å². The number of carbonyl (C=O) groups is 4. The molecule has 1 aromatic heterocycles. The second kappa shape index (κ2) is 11.5. The van der Waals surface area contributed by atoms with Crippen LogP contribution in [0.4, 0.5) is 0 Å². The molecule has 0 aliphatic carbocycles. The van der Waals surface area contributed by atoms with E-state index in [2.05, 4.69) is 0 Å². The Morgan fingerprint density at radius 2 is 1.50 bits per heavy atom. The van der Waals surface area contributed by atoms with Crippen LogP contribution in [0.1, 0.15) is 51.2 Å². The first kappa shape index (κ1) is 30.3. The summed E-state index contributed by atoms with van der Waals surface area (Å²) >= 11 is 0. The maximum atomic E-state index is 14.1. The van der Waals surface area contributed by atoms with Crippen molar-refractivity contribution in [1.29, 1.82) is 0 Å². The zero-order chi connectivity index (χ0) is 31.9. The molecule has 0 bridgehead atoms. The van der Waals surface area contributed by atoms with Crippen molar-refractivity contribution in [2.45, 2.75) is 57.3 Å². The number of carboxylic acid groups (broad SMARTS) is 2. The van der Waals surface area contributed by atoms with Gasteiger partial charge >= 0.3 is 23.9 Å². The second-order valence-corrected chi connectivity index (χ2v) is 11.1. The van der Waals surface area contributed by atoms with Crippen LogP contribution in [0, 0.1) is 0 Å². The molecule has 3 aromatic carbocycles. The molecule has 44 heavy (non-hydrogen) atoms. The minimum Gasteiger partial charge on any atom is -0.496 e. The number of aliphatic carboxylic acids is 2. The van der Waals surface area contributed by atoms with Crippen LogP contribution in [-0.4, -0.2) is 57.5 Å². The molecule has 5 rings (SSSR count). The predicted octanol–water partition coefficient (Wildman–Crippen LogP) is 4.25. The van der Waals surface area contributed by atoms with Gasteiger partial charge in [-0.05, 0) is 36.8 Å². The molecule has 1 aliphatic rings. The lowest BCUT2D eigenvalue weighted by atomic mass is 9.86. The number of aryl methyl sites for hydroxylation is 1. The summed E-state index contributed by atoms with van der Waals surface area (Å²) in [6.07, 6.45) is -4.56. The number of hydrogen-bond donors (Lipinski definition) is 2. The maximum absolute atomic E-state index is 14.1. The third kappa shape index (κ3) is 5.50. The van der Waals surface area contributed by atoms with Crippen LogP contribution in [-0.2, 0) is 35.7 Å². The number of carboxylic acids is 2. The lowest BCUT2D eigenvalue weighted by Crippen LogP contribution is -2.52. The highest BCUT2D eigenvalue weighted by atomic mass is 16.6. The van der Waals surface area contributed by atoms with Gasteiger partial charge in [0.05, 0.1) is 54.8 Å². The van der Waals surface area contributed by atoms with E-state index in [0.717, 1.165) is 10.8 Å². The molecule has 0 fully saturated rings. The third-order valence-electron chi connectivity index (χ3n) is 7.74. The highest BCUT2D eigenvalue weighted by molar-refractivity contribution is 6.04. The maximum Gasteiger partial charge on any atom is 0.307 e. The van der Waals surface area contributed by atoms with Gasteiger partial charge in [0.1, 0.15) is 17.1 Å². The first-order valence-electron chi connectivity index (χ1n) is 13.9. The van der Waals surface area contributed by atoms with E-state index >= 15 is 0 Å². The molecule has 0 spiro atoms. The number of rotatable bonds is 9. The van der Waals surface area contributed by atoms with Crippen molar-refractivity contribution in [1.82, 2.24) is 4.57 Å². The number of hydrogen-bond acceptors (Lipinski definition) is 9. The molecule has 4 aromatic rings. The minimum absolute atomic E-state index is 0.169. The molecule has 2 atom stereocenters. The fourth-order valence-electron chi connectivity index (χ4n) is 5.67. The summed E-state index contributed by atoms with van der Waals surface area (Å²) in [6.45, 7) is 3.21. The Morgan fingerprint density at radius 1 is 0.909 bits per heavy atom. The zero-order valence-electron chi connectivity index (χ0n) is 24.5. The number of nitrogens with zero attached hydrogens (tertiary/aromatic N) is 1. The fraction of sp³-hybridized carbons (Fsp3) is 0.344. The molecular weight excluding hydrogens is 574 g/mol. The summed E-state index contributed by atoms with van der Waals surface area (Å²) in [4.78, 5) is 62.2. The zero-order valence-corrected chi connectivity index (χ0v) is 24.5. The van der Waals surface area contributed by atoms with Crippen molar-refractivity contribution in [2.24, 2.45) is 7.05 Å². The average molecular weight is 606 g/mol. The van der Waals surface area contributed by atoms with Gasteiger partial charge in [-0.25, -0.2) is 0 Å². The second-order valence-electron chi connectivity index (χ2n) is 11.1. The lowest BCUT2D eigenvalue weighted by molar-refractivity contribution is -0.190. The normalized spacial score (nSPS) is 17.1. The van der Waals surface area contributed by atoms with Crippen molar-refractivity contribution in [3.05, 3.63) is 58.3 Å². The molecule has 0 amide bonds. The van der Waals surface area contributed by atoms with E-state index in [-0.39, 0.29) is 27.9 Å². The molecule has 0 saturated heterocycles. The predicted molar refractivity (Wildman–Crippen MR) is 158 cm³/mol. The number of fused-ring (bicyclic) bond motifs is 5. The number of aromatic nitrogens is 1. The van der Waals surface area contributed by atoms with Gasteiger partial charge in [-0.15, -0.1) is 0 Å². The average Bonchev–Trinajstić information content (AvgIpc) is 2.97. The molecule has 0 radical (unpaired) electrons. The Labute approximate surface area is 250 Å². The van der Waals surface area contributed by atoms with Crippen LogP contribution in [0.25, 0.3) is 32.6 Å². The smallest absolute Gasteiger partial charge is 0.307 e. The van der Waals surface area contributed by atoms with Gasteiger partial charge in [0.2, 0.25) is 5.43 Å². The van der Waals surface area contributed by atoms with Crippen molar-refractivity contribution in [3.8, 4) is 11.5 Å². The highest BCUT2D eigenvalue weighted by Crippen LogP contribution is 2.49. The molecule has 230 valence electrons. The molecule has 0 unspecified atom stereocenters. The number of carbonyl (C=O) groups excluding carboxylic acids is 2. The molecular formula is C32H31NO11. The van der Waals surface area contributed by atoms with Crippen LogP contribution in [0.15, 0.2) is 47.3 Å². The topological polar surface area (TPSA) is 168 Å². The summed E-state index contributed by atoms with van der Waals surface area (Å²) in [7, 11) is 3.14. The van der Waals surface area contributed by atoms with Gasteiger partial charge in [-0.1, -0.05) is 24.3 Å². The summed E-state index contributed by atoms with van der Waals surface area (Å²) in [6, 6.07) is 12.7. The molecule has 2 heterocycles. The van der Waals surface area contributed by atoms with Gasteiger partial charge in [0, 0.05) is 18.5 Å². The number of esters is 2. The number of pyridine rings is 1. The first-order valence-corrected chi connectivity index (χ1v) is 13.9. The SMILES string of the molecule is COc1cc2c(c3c1c(=O)c1cc4ccccc4cc1n3C)[C@@H](OC(=O)CCC(=O)O)[C@@H](OC(=O)CCC(=O)O)C(C)(C)O2.